The molecule has 0 spiro atoms. The van der Waals surface area contributed by atoms with Crippen LogP contribution in [0.4, 0.5) is 0 Å². The summed E-state index contributed by atoms with van der Waals surface area (Å²) in [5.41, 5.74) is 2.35. The van der Waals surface area contributed by atoms with E-state index in [2.05, 4.69) is 31.6 Å². The summed E-state index contributed by atoms with van der Waals surface area (Å²) >= 11 is 0. The molecule has 3 rings (SSSR count). The van der Waals surface area contributed by atoms with Crippen LogP contribution in [0.25, 0.3) is 5.57 Å². The van der Waals surface area contributed by atoms with Crippen LogP contribution in [0.1, 0.15) is 28.2 Å². The molecule has 0 aliphatic carbocycles. The van der Waals surface area contributed by atoms with Gasteiger partial charge in [0.25, 0.3) is 0 Å². The third-order valence-corrected chi connectivity index (χ3v) is 3.44. The number of carboxylic acids is 1. The van der Waals surface area contributed by atoms with Crippen molar-refractivity contribution >= 4 is 11.5 Å². The van der Waals surface area contributed by atoms with E-state index < -0.39 is 5.97 Å². The van der Waals surface area contributed by atoms with Crippen molar-refractivity contribution in [3.63, 3.8) is 0 Å². The molecule has 0 amide bonds. The second-order valence-electron chi connectivity index (χ2n) is 4.97. The predicted octanol–water partition coefficient (Wildman–Crippen LogP) is 1.19. The lowest BCUT2D eigenvalue weighted by Gasteiger charge is -2.26. The molecule has 7 nitrogen and oxygen atoms in total. The number of aromatic nitrogens is 4. The predicted molar refractivity (Wildman–Crippen MR) is 75.5 cm³/mol. The van der Waals surface area contributed by atoms with Crippen LogP contribution in [0.15, 0.2) is 30.3 Å². The minimum Gasteiger partial charge on any atom is -0.478 e. The minimum atomic E-state index is -0.900. The average molecular weight is 285 g/mol. The summed E-state index contributed by atoms with van der Waals surface area (Å²) < 4.78 is 0. The fourth-order valence-corrected chi connectivity index (χ4v) is 2.46. The normalized spacial score (nSPS) is 15.7. The van der Waals surface area contributed by atoms with Gasteiger partial charge in [0, 0.05) is 25.2 Å². The first-order chi connectivity index (χ1) is 10.2. The average Bonchev–Trinajstić information content (AvgIpc) is 3.02. The number of tetrazole rings is 1. The maximum Gasteiger partial charge on any atom is 0.335 e. The maximum absolute atomic E-state index is 11.0. The number of nitrogens with one attached hydrogen (secondary N) is 1. The summed E-state index contributed by atoms with van der Waals surface area (Å²) in [5.74, 6) is -0.276. The van der Waals surface area contributed by atoms with Crippen LogP contribution in [-0.2, 0) is 6.54 Å². The number of aromatic amines is 1. The van der Waals surface area contributed by atoms with Gasteiger partial charge >= 0.3 is 5.97 Å². The smallest absolute Gasteiger partial charge is 0.335 e. The Morgan fingerprint density at radius 2 is 2.33 bits per heavy atom. The molecule has 0 bridgehead atoms. The van der Waals surface area contributed by atoms with E-state index in [0.29, 0.717) is 17.9 Å². The van der Waals surface area contributed by atoms with Gasteiger partial charge in [0.1, 0.15) is 0 Å². The summed E-state index contributed by atoms with van der Waals surface area (Å²) in [5, 5.41) is 23.1. The summed E-state index contributed by atoms with van der Waals surface area (Å²) in [6, 6.07) is 7.04. The first-order valence-electron chi connectivity index (χ1n) is 6.70. The van der Waals surface area contributed by atoms with Gasteiger partial charge in [0.15, 0.2) is 0 Å². The van der Waals surface area contributed by atoms with Gasteiger partial charge in [-0.1, -0.05) is 18.2 Å². The molecule has 2 aromatic rings. The maximum atomic E-state index is 11.0. The molecule has 1 aromatic carbocycles. The van der Waals surface area contributed by atoms with E-state index in [-0.39, 0.29) is 0 Å². The Labute approximate surface area is 121 Å². The van der Waals surface area contributed by atoms with Crippen molar-refractivity contribution < 1.29 is 9.90 Å². The molecule has 1 aromatic heterocycles. The van der Waals surface area contributed by atoms with Crippen LogP contribution < -0.4 is 0 Å². The zero-order valence-electron chi connectivity index (χ0n) is 11.4. The number of carbonyl (C=O) groups is 1. The third-order valence-electron chi connectivity index (χ3n) is 3.44. The highest BCUT2D eigenvalue weighted by Gasteiger charge is 2.17. The number of hydrogen-bond acceptors (Lipinski definition) is 5. The number of benzene rings is 1. The number of aromatic carboxylic acids is 1. The van der Waals surface area contributed by atoms with E-state index in [1.807, 2.05) is 6.07 Å². The second kappa shape index (κ2) is 5.84. The summed E-state index contributed by atoms with van der Waals surface area (Å²) in [7, 11) is 0. The van der Waals surface area contributed by atoms with Gasteiger partial charge in [0.2, 0.25) is 5.82 Å². The molecule has 7 heteroatoms. The fraction of sp³-hybridized carbons (Fsp3) is 0.286. The number of carboxylic acid groups (broad SMARTS) is 1. The molecule has 0 fully saturated rings. The summed E-state index contributed by atoms with van der Waals surface area (Å²) in [6.07, 6.45) is 3.04. The third kappa shape index (κ3) is 3.14. The molecule has 2 N–H and O–H groups in total. The summed E-state index contributed by atoms with van der Waals surface area (Å²) in [4.78, 5) is 13.2. The molecular formula is C14H15N5O2. The van der Waals surface area contributed by atoms with Crippen LogP contribution in [0, 0.1) is 0 Å². The van der Waals surface area contributed by atoms with Gasteiger partial charge in [-0.2, -0.15) is 5.21 Å². The van der Waals surface area contributed by atoms with Crippen molar-refractivity contribution in [1.29, 1.82) is 0 Å². The van der Waals surface area contributed by atoms with Crippen molar-refractivity contribution in [1.82, 2.24) is 25.5 Å². The van der Waals surface area contributed by atoms with Gasteiger partial charge < -0.3 is 5.11 Å². The van der Waals surface area contributed by atoms with Gasteiger partial charge in [-0.15, -0.1) is 10.2 Å². The van der Waals surface area contributed by atoms with Crippen molar-refractivity contribution in [2.24, 2.45) is 0 Å². The van der Waals surface area contributed by atoms with Crippen molar-refractivity contribution in [2.45, 2.75) is 13.0 Å². The molecule has 108 valence electrons. The van der Waals surface area contributed by atoms with Gasteiger partial charge in [-0.05, 0) is 29.3 Å². The van der Waals surface area contributed by atoms with Crippen LogP contribution >= 0.6 is 0 Å². The Morgan fingerprint density at radius 1 is 1.43 bits per heavy atom. The number of rotatable bonds is 4. The molecule has 0 saturated heterocycles. The highest BCUT2D eigenvalue weighted by atomic mass is 16.4. The molecule has 2 heterocycles. The standard InChI is InChI=1S/C14H15N5O2/c20-14(21)11-4-1-3-10(7-11)8-19-6-2-5-12(9-19)13-15-17-18-16-13/h1,3-5,7H,2,6,8-9H2,(H,20,21)(H,15,16,17,18). The molecule has 1 aliphatic rings. The van der Waals surface area contributed by atoms with Crippen LogP contribution in [0.3, 0.4) is 0 Å². The molecule has 0 atom stereocenters. The molecule has 0 radical (unpaired) electrons. The van der Waals surface area contributed by atoms with Crippen LogP contribution in [-0.4, -0.2) is 49.7 Å². The monoisotopic (exact) mass is 285 g/mol. The fourth-order valence-electron chi connectivity index (χ4n) is 2.46. The largest absolute Gasteiger partial charge is 0.478 e. The summed E-state index contributed by atoms with van der Waals surface area (Å²) in [6.45, 7) is 2.37. The molecule has 0 saturated carbocycles. The highest BCUT2D eigenvalue weighted by molar-refractivity contribution is 5.87. The van der Waals surface area contributed by atoms with Gasteiger partial charge in [-0.3, -0.25) is 4.90 Å². The minimum absolute atomic E-state index is 0.318. The van der Waals surface area contributed by atoms with Crippen LogP contribution in [0.2, 0.25) is 0 Å². The van der Waals surface area contributed by atoms with E-state index in [4.69, 9.17) is 5.11 Å². The zero-order valence-corrected chi connectivity index (χ0v) is 11.4. The molecular weight excluding hydrogens is 270 g/mol. The Balaban J connectivity index is 1.70. The Bertz CT molecular complexity index is 666. The highest BCUT2D eigenvalue weighted by Crippen LogP contribution is 2.19. The van der Waals surface area contributed by atoms with E-state index in [1.54, 1.807) is 18.2 Å². The van der Waals surface area contributed by atoms with Gasteiger partial charge in [-0.25, -0.2) is 4.79 Å². The molecule has 0 unspecified atom stereocenters. The van der Waals surface area contributed by atoms with E-state index in [9.17, 15) is 4.79 Å². The number of nitrogens with zero attached hydrogens (tertiary/aromatic N) is 4. The van der Waals surface area contributed by atoms with E-state index in [0.717, 1.165) is 30.6 Å². The lowest BCUT2D eigenvalue weighted by Crippen LogP contribution is -2.29. The van der Waals surface area contributed by atoms with Crippen LogP contribution in [0.5, 0.6) is 0 Å². The Morgan fingerprint density at radius 3 is 3.10 bits per heavy atom. The van der Waals surface area contributed by atoms with Gasteiger partial charge in [0.05, 0.1) is 5.56 Å². The van der Waals surface area contributed by atoms with Crippen molar-refractivity contribution in [2.75, 3.05) is 13.1 Å². The van der Waals surface area contributed by atoms with E-state index >= 15 is 0 Å². The topological polar surface area (TPSA) is 95.0 Å². The molecule has 1 aliphatic heterocycles. The number of hydrogen-bond donors (Lipinski definition) is 2. The molecule has 21 heavy (non-hydrogen) atoms. The first kappa shape index (κ1) is 13.4. The first-order valence-corrected chi connectivity index (χ1v) is 6.70. The zero-order chi connectivity index (χ0) is 14.7. The quantitative estimate of drug-likeness (QED) is 0.876. The SMILES string of the molecule is O=C(O)c1cccc(CN2CCC=C(c3nn[nH]n3)C2)c1. The lowest BCUT2D eigenvalue weighted by molar-refractivity contribution is 0.0696. The Hall–Kier alpha value is -2.54. The lowest BCUT2D eigenvalue weighted by atomic mass is 10.1. The second-order valence-corrected chi connectivity index (χ2v) is 4.97. The van der Waals surface area contributed by atoms with E-state index in [1.165, 1.54) is 0 Å². The Kier molecular flexibility index (Phi) is 3.74. The van der Waals surface area contributed by atoms with Crippen molar-refractivity contribution in [3.8, 4) is 0 Å². The van der Waals surface area contributed by atoms with Crippen molar-refractivity contribution in [3.05, 3.63) is 47.3 Å². The number of H-pyrrole nitrogens is 1.